The number of rotatable bonds is 15. The van der Waals surface area contributed by atoms with Crippen LogP contribution in [0.5, 0.6) is 0 Å². The lowest BCUT2D eigenvalue weighted by atomic mass is 9.98. The summed E-state index contributed by atoms with van der Waals surface area (Å²) in [6.07, 6.45) is 4.51. The number of H-pyrrole nitrogens is 1. The number of carbonyl (C=O) groups excluding carboxylic acids is 2. The number of aliphatic hydroxyl groups is 1. The lowest BCUT2D eigenvalue weighted by Gasteiger charge is -2.29. The number of hydrogen-bond donors (Lipinski definition) is 3. The summed E-state index contributed by atoms with van der Waals surface area (Å²) in [4.78, 5) is 31.4. The molecule has 0 bridgehead atoms. The molecule has 4 aromatic rings. The average molecular weight is 705 g/mol. The van der Waals surface area contributed by atoms with E-state index in [2.05, 4.69) is 10.2 Å². The Morgan fingerprint density at radius 3 is 2.00 bits per heavy atom. The van der Waals surface area contributed by atoms with E-state index in [1.807, 2.05) is 45.0 Å². The molecule has 0 saturated carbocycles. The normalized spacial score (nSPS) is 12.0. The topological polar surface area (TPSA) is 116 Å². The number of halogens is 4. The second kappa shape index (κ2) is 19.2. The van der Waals surface area contributed by atoms with Gasteiger partial charge in [0.05, 0.1) is 12.3 Å². The minimum absolute atomic E-state index is 0. The van der Waals surface area contributed by atoms with E-state index >= 15 is 0 Å². The van der Waals surface area contributed by atoms with Crippen LogP contribution in [0.4, 0.5) is 8.78 Å². The van der Waals surface area contributed by atoms with Crippen LogP contribution in [0.25, 0.3) is 11.1 Å². The summed E-state index contributed by atoms with van der Waals surface area (Å²) in [5.41, 5.74) is 10.6. The molecule has 2 amide bonds. The lowest BCUT2D eigenvalue weighted by molar-refractivity contribution is 0.0554. The number of hydrogen-bond acceptors (Lipinski definition) is 5. The van der Waals surface area contributed by atoms with Gasteiger partial charge in [-0.2, -0.15) is 5.10 Å². The molecule has 3 aromatic carbocycles. The SMILES string of the molecule is CCCN(CCC)C(=O)c1cc(C(=O)N(Cc2cccc(CC)c2)C[C@@H](O)[C@@H](N)Cc2cc(F)cc(F)c2)cc(-c2cn[nH]c2)c1.Cl.Cl. The Hall–Kier alpha value is -3.83. The molecule has 0 aliphatic heterocycles. The Morgan fingerprint density at radius 2 is 1.44 bits per heavy atom. The van der Waals surface area contributed by atoms with E-state index in [4.69, 9.17) is 5.73 Å². The first-order valence-electron chi connectivity index (χ1n) is 15.8. The molecule has 0 saturated heterocycles. The van der Waals surface area contributed by atoms with Gasteiger partial charge in [-0.1, -0.05) is 45.0 Å². The van der Waals surface area contributed by atoms with Crippen LogP contribution < -0.4 is 5.73 Å². The predicted molar refractivity (Wildman–Crippen MR) is 190 cm³/mol. The van der Waals surface area contributed by atoms with Gasteiger partial charge in [0.25, 0.3) is 11.8 Å². The van der Waals surface area contributed by atoms with Crippen LogP contribution in [0.2, 0.25) is 0 Å². The molecular formula is C36H45Cl2F2N5O3. The van der Waals surface area contributed by atoms with Gasteiger partial charge in [0, 0.05) is 61.2 Å². The first kappa shape index (κ1) is 40.3. The molecule has 0 fully saturated rings. The highest BCUT2D eigenvalue weighted by Gasteiger charge is 2.26. The summed E-state index contributed by atoms with van der Waals surface area (Å²) < 4.78 is 27.6. The molecule has 12 heteroatoms. The Morgan fingerprint density at radius 1 is 0.833 bits per heavy atom. The van der Waals surface area contributed by atoms with Gasteiger partial charge in [0.1, 0.15) is 11.6 Å². The summed E-state index contributed by atoms with van der Waals surface area (Å²) in [7, 11) is 0. The zero-order valence-electron chi connectivity index (χ0n) is 27.5. The minimum atomic E-state index is -1.22. The second-order valence-corrected chi connectivity index (χ2v) is 11.7. The third-order valence-corrected chi connectivity index (χ3v) is 7.89. The van der Waals surface area contributed by atoms with Crippen molar-refractivity contribution >= 4 is 36.6 Å². The monoisotopic (exact) mass is 703 g/mol. The van der Waals surface area contributed by atoms with E-state index in [0.717, 1.165) is 36.5 Å². The van der Waals surface area contributed by atoms with E-state index in [9.17, 15) is 23.5 Å². The number of amides is 2. The molecule has 260 valence electrons. The van der Waals surface area contributed by atoms with E-state index < -0.39 is 29.7 Å². The van der Waals surface area contributed by atoms with Gasteiger partial charge in [0.15, 0.2) is 0 Å². The zero-order chi connectivity index (χ0) is 33.2. The van der Waals surface area contributed by atoms with Crippen molar-refractivity contribution in [3.8, 4) is 11.1 Å². The molecule has 8 nitrogen and oxygen atoms in total. The van der Waals surface area contributed by atoms with E-state index in [0.29, 0.717) is 35.3 Å². The lowest BCUT2D eigenvalue weighted by Crippen LogP contribution is -2.46. The predicted octanol–water partition coefficient (Wildman–Crippen LogP) is 6.60. The molecule has 2 atom stereocenters. The summed E-state index contributed by atoms with van der Waals surface area (Å²) in [6, 6.07) is 15.1. The van der Waals surface area contributed by atoms with Crippen LogP contribution in [0.1, 0.15) is 71.0 Å². The molecule has 4 N–H and O–H groups in total. The summed E-state index contributed by atoms with van der Waals surface area (Å²) in [5, 5.41) is 18.1. The maximum absolute atomic E-state index is 14.4. The van der Waals surface area contributed by atoms with Gasteiger partial charge < -0.3 is 20.6 Å². The second-order valence-electron chi connectivity index (χ2n) is 11.7. The van der Waals surface area contributed by atoms with E-state index in [1.165, 1.54) is 17.0 Å². The third-order valence-electron chi connectivity index (χ3n) is 7.89. The maximum atomic E-state index is 14.4. The van der Waals surface area contributed by atoms with Gasteiger partial charge in [-0.15, -0.1) is 24.8 Å². The Balaban J connectivity index is 0.00000400. The number of aryl methyl sites for hydroxylation is 1. The summed E-state index contributed by atoms with van der Waals surface area (Å²) in [5.74, 6) is -2.04. The van der Waals surface area contributed by atoms with Crippen molar-refractivity contribution in [2.24, 2.45) is 5.73 Å². The molecule has 48 heavy (non-hydrogen) atoms. The third kappa shape index (κ3) is 10.8. The highest BCUT2D eigenvalue weighted by atomic mass is 35.5. The first-order valence-corrected chi connectivity index (χ1v) is 15.8. The van der Waals surface area contributed by atoms with Crippen molar-refractivity contribution in [3.63, 3.8) is 0 Å². The van der Waals surface area contributed by atoms with E-state index in [-0.39, 0.29) is 55.8 Å². The van der Waals surface area contributed by atoms with Gasteiger partial charge in [0.2, 0.25) is 0 Å². The number of nitrogens with two attached hydrogens (primary N) is 1. The van der Waals surface area contributed by atoms with Crippen molar-refractivity contribution in [1.82, 2.24) is 20.0 Å². The van der Waals surface area contributed by atoms with Gasteiger partial charge in [-0.25, -0.2) is 8.78 Å². The van der Waals surface area contributed by atoms with Crippen LogP contribution in [0, 0.1) is 11.6 Å². The smallest absolute Gasteiger partial charge is 0.254 e. The standard InChI is InChI=1S/C36H43F2N5O3.2ClH/c1-4-10-42(11-5-2)35(45)28-16-27(30-20-40-41-21-30)17-29(18-28)36(46)43(22-25-9-7-8-24(6-3)12-25)23-34(44)33(39)15-26-13-31(37)19-32(38)14-26;;/h7-9,12-14,16-21,33-34,44H,4-6,10-11,15,22-23,39H2,1-3H3,(H,40,41);2*1H/t33-,34+;;/m0../s1. The molecule has 0 aliphatic rings. The molecule has 1 aromatic heterocycles. The fourth-order valence-corrected chi connectivity index (χ4v) is 5.56. The Kier molecular flexibility index (Phi) is 16.2. The van der Waals surface area contributed by atoms with Crippen LogP contribution in [-0.2, 0) is 19.4 Å². The molecule has 0 aliphatic carbocycles. The van der Waals surface area contributed by atoms with Gasteiger partial charge >= 0.3 is 0 Å². The fourth-order valence-electron chi connectivity index (χ4n) is 5.56. The van der Waals surface area contributed by atoms with Gasteiger partial charge in [-0.05, 0) is 78.3 Å². The zero-order valence-corrected chi connectivity index (χ0v) is 29.1. The fraction of sp³-hybridized carbons (Fsp3) is 0.361. The molecule has 0 unspecified atom stereocenters. The number of nitrogens with zero attached hydrogens (tertiary/aromatic N) is 3. The van der Waals surface area contributed by atoms with Crippen molar-refractivity contribution in [2.75, 3.05) is 19.6 Å². The van der Waals surface area contributed by atoms with Crippen molar-refractivity contribution in [2.45, 2.75) is 65.1 Å². The van der Waals surface area contributed by atoms with Crippen molar-refractivity contribution < 1.29 is 23.5 Å². The molecular weight excluding hydrogens is 659 g/mol. The van der Waals surface area contributed by atoms with E-state index in [1.54, 1.807) is 35.5 Å². The summed E-state index contributed by atoms with van der Waals surface area (Å²) in [6.45, 7) is 7.27. The molecule has 0 spiro atoms. The van der Waals surface area contributed by atoms with Crippen LogP contribution in [0.3, 0.4) is 0 Å². The first-order chi connectivity index (χ1) is 22.1. The quantitative estimate of drug-likeness (QED) is 0.129. The molecule has 1 heterocycles. The number of aromatic nitrogens is 2. The Bertz CT molecular complexity index is 1600. The van der Waals surface area contributed by atoms with Crippen LogP contribution >= 0.6 is 24.8 Å². The average Bonchev–Trinajstić information content (AvgIpc) is 3.58. The highest BCUT2D eigenvalue weighted by Crippen LogP contribution is 2.25. The number of nitrogens with one attached hydrogen (secondary N) is 1. The number of aliphatic hydroxyl groups excluding tert-OH is 1. The number of benzene rings is 3. The van der Waals surface area contributed by atoms with Crippen LogP contribution in [0.15, 0.2) is 73.1 Å². The van der Waals surface area contributed by atoms with Crippen LogP contribution in [-0.4, -0.2) is 68.7 Å². The maximum Gasteiger partial charge on any atom is 0.254 e. The van der Waals surface area contributed by atoms with Crippen molar-refractivity contribution in [1.29, 1.82) is 0 Å². The number of aromatic amines is 1. The number of carbonyl (C=O) groups is 2. The van der Waals surface area contributed by atoms with Crippen molar-refractivity contribution in [3.05, 3.63) is 113 Å². The minimum Gasteiger partial charge on any atom is -0.390 e. The highest BCUT2D eigenvalue weighted by molar-refractivity contribution is 6.01. The van der Waals surface area contributed by atoms with Gasteiger partial charge in [-0.3, -0.25) is 14.7 Å². The molecule has 4 rings (SSSR count). The Labute approximate surface area is 293 Å². The largest absolute Gasteiger partial charge is 0.390 e. The molecule has 0 radical (unpaired) electrons. The summed E-state index contributed by atoms with van der Waals surface area (Å²) >= 11 is 0.